The average molecular weight is 455 g/mol. The van der Waals surface area contributed by atoms with Gasteiger partial charge in [-0.2, -0.15) is 0 Å². The highest BCUT2D eigenvalue weighted by molar-refractivity contribution is 8.46. The van der Waals surface area contributed by atoms with Crippen molar-refractivity contribution in [3.63, 3.8) is 0 Å². The minimum absolute atomic E-state index is 0.00594. The highest BCUT2D eigenvalue weighted by atomic mass is 32.3. The molecule has 0 bridgehead atoms. The number of aliphatic hydroxyl groups is 3. The molecule has 2 heterocycles. The van der Waals surface area contributed by atoms with Gasteiger partial charge in [-0.1, -0.05) is 30.3 Å². The summed E-state index contributed by atoms with van der Waals surface area (Å²) in [6.07, 6.45) is 0.0691. The lowest BCUT2D eigenvalue weighted by Crippen LogP contribution is -2.57. The number of ether oxygens (including phenoxy) is 1. The molecule has 9 nitrogen and oxygen atoms in total. The maximum Gasteiger partial charge on any atom is 0.330 e. The van der Waals surface area contributed by atoms with E-state index in [0.717, 1.165) is 5.56 Å². The Bertz CT molecular complexity index is 828. The summed E-state index contributed by atoms with van der Waals surface area (Å²) in [5, 5.41) is 28.2. The summed E-state index contributed by atoms with van der Waals surface area (Å²) in [7, 11) is -2.63. The van der Waals surface area contributed by atoms with E-state index in [1.807, 2.05) is 30.3 Å². The van der Waals surface area contributed by atoms with E-state index in [4.69, 9.17) is 4.74 Å². The molecule has 0 spiro atoms. The number of hydrogen-bond acceptors (Lipinski definition) is 7. The third-order valence-electron chi connectivity index (χ3n) is 6.25. The van der Waals surface area contributed by atoms with Gasteiger partial charge >= 0.3 is 5.97 Å². The van der Waals surface area contributed by atoms with Crippen LogP contribution in [0.2, 0.25) is 0 Å². The number of carbonyl (C=O) groups excluding carboxylic acids is 3. The maximum atomic E-state index is 13.6. The predicted molar refractivity (Wildman–Crippen MR) is 115 cm³/mol. The van der Waals surface area contributed by atoms with Crippen LogP contribution >= 0.6 is 10.0 Å². The van der Waals surface area contributed by atoms with Crippen molar-refractivity contribution in [3.8, 4) is 0 Å². The van der Waals surface area contributed by atoms with Crippen LogP contribution in [0.1, 0.15) is 25.8 Å². The van der Waals surface area contributed by atoms with Crippen LogP contribution in [0.4, 0.5) is 4.79 Å². The first kappa shape index (κ1) is 23.5. The molecule has 31 heavy (non-hydrogen) atoms. The monoisotopic (exact) mass is 454 g/mol. The van der Waals surface area contributed by atoms with E-state index in [1.165, 1.54) is 9.80 Å². The quantitative estimate of drug-likeness (QED) is 0.388. The number of benzene rings is 1. The standard InChI is InChI=1S/C21H30N2O7S/c1-21(2)18(19(28)30-13-15-6-4-3-5-7-15)23-16(27)12-17(23)31(21,14-26)20(29)22(8-10-24)9-11-25/h3-7,17-18,24-26H,8-14H2,1-2H3/t17-,18+/m1/s1. The van der Waals surface area contributed by atoms with Crippen molar-refractivity contribution in [2.45, 2.75) is 43.0 Å². The summed E-state index contributed by atoms with van der Waals surface area (Å²) in [5.74, 6) is -1.37. The molecule has 2 aliphatic heterocycles. The van der Waals surface area contributed by atoms with Crippen molar-refractivity contribution in [1.29, 1.82) is 0 Å². The molecule has 2 fully saturated rings. The summed E-state index contributed by atoms with van der Waals surface area (Å²) >= 11 is 0. The fourth-order valence-corrected chi connectivity index (χ4v) is 8.86. The summed E-state index contributed by atoms with van der Waals surface area (Å²) in [6.45, 7) is 2.85. The van der Waals surface area contributed by atoms with E-state index in [1.54, 1.807) is 13.8 Å². The van der Waals surface area contributed by atoms with Gasteiger partial charge in [-0.15, -0.1) is 10.0 Å². The molecule has 0 aliphatic carbocycles. The number of esters is 1. The van der Waals surface area contributed by atoms with Crippen molar-refractivity contribution >= 4 is 27.1 Å². The van der Waals surface area contributed by atoms with Crippen LogP contribution in [0.3, 0.4) is 0 Å². The van der Waals surface area contributed by atoms with Crippen molar-refractivity contribution in [3.05, 3.63) is 35.9 Å². The first-order chi connectivity index (χ1) is 14.8. The van der Waals surface area contributed by atoms with E-state index >= 15 is 0 Å². The van der Waals surface area contributed by atoms with Crippen molar-refractivity contribution < 1.29 is 34.4 Å². The van der Waals surface area contributed by atoms with Crippen molar-refractivity contribution in [1.82, 2.24) is 9.80 Å². The third-order valence-corrected chi connectivity index (χ3v) is 11.0. The van der Waals surface area contributed by atoms with Gasteiger partial charge in [0.25, 0.3) is 5.24 Å². The van der Waals surface area contributed by atoms with Gasteiger partial charge in [0.05, 0.1) is 30.9 Å². The number of nitrogens with zero attached hydrogens (tertiary/aromatic N) is 2. The van der Waals surface area contributed by atoms with Crippen LogP contribution in [0.25, 0.3) is 0 Å². The molecule has 10 heteroatoms. The molecule has 2 aliphatic rings. The third kappa shape index (κ3) is 3.71. The number of aliphatic hydroxyl groups excluding tert-OH is 3. The van der Waals surface area contributed by atoms with E-state index in [9.17, 15) is 29.7 Å². The highest BCUT2D eigenvalue weighted by Gasteiger charge is 2.72. The lowest BCUT2D eigenvalue weighted by molar-refractivity contribution is -0.162. The van der Waals surface area contributed by atoms with Crippen LogP contribution in [0.15, 0.2) is 30.3 Å². The Morgan fingerprint density at radius 2 is 1.77 bits per heavy atom. The SMILES string of the molecule is CC1(C)[C@H](C(=O)OCc2ccccc2)N2C(=O)C[C@H]2[S@@]1(CO)C(=O)N(CCO)CCO. The zero-order valence-corrected chi connectivity index (χ0v) is 18.6. The lowest BCUT2D eigenvalue weighted by Gasteiger charge is -2.50. The van der Waals surface area contributed by atoms with Crippen LogP contribution in [-0.4, -0.2) is 90.6 Å². The minimum Gasteiger partial charge on any atom is -0.459 e. The average Bonchev–Trinajstić information content (AvgIpc) is 2.92. The second-order valence-electron chi connectivity index (χ2n) is 8.18. The van der Waals surface area contributed by atoms with Gasteiger partial charge in [0.2, 0.25) is 5.91 Å². The molecular formula is C21H30N2O7S. The van der Waals surface area contributed by atoms with E-state index in [2.05, 4.69) is 0 Å². The second kappa shape index (κ2) is 9.15. The molecule has 3 rings (SSSR count). The molecular weight excluding hydrogens is 424 g/mol. The number of rotatable bonds is 8. The van der Waals surface area contributed by atoms with Gasteiger partial charge < -0.3 is 29.9 Å². The number of hydrogen-bond donors (Lipinski definition) is 3. The Hall–Kier alpha value is -2.14. The van der Waals surface area contributed by atoms with E-state index in [0.29, 0.717) is 0 Å². The van der Waals surface area contributed by atoms with Gasteiger partial charge in [-0.05, 0) is 19.4 Å². The number of fused-ring (bicyclic) bond motifs is 1. The maximum absolute atomic E-state index is 13.6. The molecule has 0 aromatic heterocycles. The van der Waals surface area contributed by atoms with Gasteiger partial charge in [0.1, 0.15) is 12.6 Å². The summed E-state index contributed by atoms with van der Waals surface area (Å²) in [4.78, 5) is 41.9. The molecule has 2 amide bonds. The molecule has 3 atom stereocenters. The van der Waals surface area contributed by atoms with Gasteiger partial charge in [0, 0.05) is 17.8 Å². The van der Waals surface area contributed by atoms with Gasteiger partial charge in [-0.3, -0.25) is 9.59 Å². The van der Waals surface area contributed by atoms with Crippen LogP contribution in [-0.2, 0) is 20.9 Å². The Morgan fingerprint density at radius 1 is 1.16 bits per heavy atom. The summed E-state index contributed by atoms with van der Waals surface area (Å²) < 4.78 is 4.45. The molecule has 0 saturated carbocycles. The fraction of sp³-hybridized carbons (Fsp3) is 0.571. The Labute approximate surface area is 182 Å². The Morgan fingerprint density at radius 3 is 2.29 bits per heavy atom. The molecule has 0 unspecified atom stereocenters. The van der Waals surface area contributed by atoms with Crippen LogP contribution in [0.5, 0.6) is 0 Å². The predicted octanol–water partition coefficient (Wildman–Crippen LogP) is 0.610. The van der Waals surface area contributed by atoms with E-state index in [-0.39, 0.29) is 45.2 Å². The zero-order chi connectivity index (χ0) is 22.8. The first-order valence-electron chi connectivity index (χ1n) is 10.2. The highest BCUT2D eigenvalue weighted by Crippen LogP contribution is 2.74. The number of β-lactam (4-membered cyclic amide) rings is 1. The van der Waals surface area contributed by atoms with Crippen molar-refractivity contribution in [2.24, 2.45) is 0 Å². The lowest BCUT2D eigenvalue weighted by atomic mass is 9.98. The fourth-order valence-electron chi connectivity index (χ4n) is 4.55. The molecule has 172 valence electrons. The summed E-state index contributed by atoms with van der Waals surface area (Å²) in [6, 6.07) is 8.14. The second-order valence-corrected chi connectivity index (χ2v) is 12.0. The number of carbonyl (C=O) groups is 3. The van der Waals surface area contributed by atoms with Gasteiger partial charge in [0.15, 0.2) is 0 Å². The normalized spacial score (nSPS) is 26.2. The van der Waals surface area contributed by atoms with Crippen molar-refractivity contribution in [2.75, 3.05) is 32.2 Å². The molecule has 1 aromatic carbocycles. The first-order valence-corrected chi connectivity index (χ1v) is 12.1. The van der Waals surface area contributed by atoms with Crippen LogP contribution < -0.4 is 0 Å². The van der Waals surface area contributed by atoms with E-state index < -0.39 is 43.3 Å². The molecule has 2 saturated heterocycles. The molecule has 1 aromatic rings. The largest absolute Gasteiger partial charge is 0.459 e. The summed E-state index contributed by atoms with van der Waals surface area (Å²) in [5.41, 5.74) is 0.798. The van der Waals surface area contributed by atoms with Crippen LogP contribution in [0, 0.1) is 0 Å². The smallest absolute Gasteiger partial charge is 0.330 e. The topological polar surface area (TPSA) is 128 Å². The molecule has 0 radical (unpaired) electrons. The Kier molecular flexibility index (Phi) is 6.95. The zero-order valence-electron chi connectivity index (χ0n) is 17.8. The number of amides is 2. The molecule has 3 N–H and O–H groups in total. The minimum atomic E-state index is -2.63. The Balaban J connectivity index is 1.92. The van der Waals surface area contributed by atoms with Gasteiger partial charge in [-0.25, -0.2) is 4.79 Å².